The van der Waals surface area contributed by atoms with E-state index in [1.165, 1.54) is 0 Å². The molecule has 1 heterocycles. The lowest BCUT2D eigenvalue weighted by atomic mass is 9.12. The molecule has 9 aromatic rings. The summed E-state index contributed by atoms with van der Waals surface area (Å²) in [5.74, 6) is -71.5. The summed E-state index contributed by atoms with van der Waals surface area (Å²) in [7, 11) is 0. The fourth-order valence-electron chi connectivity index (χ4n) is 8.85. The predicted molar refractivity (Wildman–Crippen MR) is 232 cm³/mol. The summed E-state index contributed by atoms with van der Waals surface area (Å²) in [4.78, 5) is 26.6. The molecule has 24 heteroatoms. The summed E-state index contributed by atoms with van der Waals surface area (Å²) < 4.78 is 296. The second-order valence-electron chi connectivity index (χ2n) is 16.4. The van der Waals surface area contributed by atoms with Gasteiger partial charge >= 0.3 is 0 Å². The van der Waals surface area contributed by atoms with Crippen molar-refractivity contribution in [1.82, 2.24) is 0 Å². The van der Waals surface area contributed by atoms with Gasteiger partial charge in [-0.15, -0.1) is 21.9 Å². The molecule has 0 aliphatic heterocycles. The molecule has 0 spiro atoms. The minimum atomic E-state index is -7.22. The SMILES string of the molecule is Fc1c(F)c(F)c([B-](c2c(F)c(F)c(F)c(F)c2F)(c2c(F)c(F)c(F)c(F)c2F)c2c(F)c(F)c(F)c(F)c2F)c(F)c1F.O=C(C[n+]1ccc2ccccc2c1C(=O)c1ccc2ccccc2c1)c1ccccc1. The normalized spacial score (nSPS) is 11.6. The number of carbonyl (C=O) groups excluding carboxylic acids is 2. The van der Waals surface area contributed by atoms with Gasteiger partial charge in [-0.25, -0.2) is 87.8 Å². The molecular formula is C52H20BF20NO2. The summed E-state index contributed by atoms with van der Waals surface area (Å²) in [6.45, 7) is 0.101. The Morgan fingerprint density at radius 3 is 1.05 bits per heavy atom. The van der Waals surface area contributed by atoms with E-state index in [1.807, 2.05) is 97.2 Å². The Hall–Kier alpha value is -8.57. The van der Waals surface area contributed by atoms with Crippen molar-refractivity contribution in [1.29, 1.82) is 0 Å². The average Bonchev–Trinajstić information content (AvgIpc) is 3.49. The van der Waals surface area contributed by atoms with Crippen LogP contribution in [0.5, 0.6) is 0 Å². The second kappa shape index (κ2) is 20.3. The van der Waals surface area contributed by atoms with Crippen LogP contribution in [0.25, 0.3) is 21.5 Å². The number of nitrogens with zero attached hydrogens (tertiary/aromatic N) is 1. The number of hydrogen-bond acceptors (Lipinski definition) is 2. The zero-order valence-corrected chi connectivity index (χ0v) is 37.0. The van der Waals surface area contributed by atoms with Crippen LogP contribution in [0, 0.1) is 116 Å². The standard InChI is InChI=1S/C28H20NO2.C24BF20/c30-26(22-10-2-1-3-11-22)19-29-17-16-21-9-6-7-13-25(21)27(29)28(31)24-15-14-20-8-4-5-12-23(20)18-24;26-5-1(6(27)14(35)21(42)13(5)34)25(2-7(28)15(36)22(43)16(37)8(2)29,3-9(30)17(38)23(44)18(39)10(3)31)4-11(32)19(40)24(45)20(41)12(4)33/h1-18H,19H2;/q+1;-1. The maximum Gasteiger partial charge on any atom is 0.261 e. The van der Waals surface area contributed by atoms with Crippen LogP contribution in [0.2, 0.25) is 0 Å². The number of pyridine rings is 1. The lowest BCUT2D eigenvalue weighted by molar-refractivity contribution is -0.683. The highest BCUT2D eigenvalue weighted by Gasteiger charge is 2.52. The van der Waals surface area contributed by atoms with Crippen molar-refractivity contribution >= 4 is 61.1 Å². The van der Waals surface area contributed by atoms with Gasteiger partial charge in [0.15, 0.2) is 76.0 Å². The van der Waals surface area contributed by atoms with E-state index in [0.29, 0.717) is 16.8 Å². The van der Waals surface area contributed by atoms with Crippen molar-refractivity contribution < 1.29 is 102 Å². The van der Waals surface area contributed by atoms with Gasteiger partial charge in [-0.05, 0) is 28.3 Å². The smallest absolute Gasteiger partial charge is 0.261 e. The van der Waals surface area contributed by atoms with Crippen molar-refractivity contribution in [2.45, 2.75) is 6.54 Å². The van der Waals surface area contributed by atoms with E-state index in [0.717, 1.165) is 21.5 Å². The molecule has 0 aliphatic rings. The topological polar surface area (TPSA) is 38.0 Å². The summed E-state index contributed by atoms with van der Waals surface area (Å²) >= 11 is 0. The Morgan fingerprint density at radius 2 is 0.658 bits per heavy atom. The van der Waals surface area contributed by atoms with Crippen LogP contribution in [0.3, 0.4) is 0 Å². The molecule has 0 saturated carbocycles. The largest absolute Gasteiger partial charge is 0.287 e. The minimum Gasteiger partial charge on any atom is -0.287 e. The number of hydrogen-bond donors (Lipinski definition) is 0. The first-order valence-electron chi connectivity index (χ1n) is 21.2. The van der Waals surface area contributed by atoms with Crippen LogP contribution < -0.4 is 26.4 Å². The first-order chi connectivity index (χ1) is 35.9. The molecule has 9 rings (SSSR count). The van der Waals surface area contributed by atoms with Crippen LogP contribution in [0.15, 0.2) is 109 Å². The van der Waals surface area contributed by atoms with Gasteiger partial charge in [-0.2, -0.15) is 4.57 Å². The number of aromatic nitrogens is 1. The molecular weight excluding hydrogens is 1060 g/mol. The number of Topliss-reactive ketones (excluding diaryl/α,β-unsaturated/α-hetero) is 1. The van der Waals surface area contributed by atoms with Gasteiger partial charge in [-0.1, -0.05) is 84.9 Å². The molecule has 0 fully saturated rings. The molecule has 0 saturated heterocycles. The maximum atomic E-state index is 15.4. The van der Waals surface area contributed by atoms with E-state index < -0.39 is 144 Å². The summed E-state index contributed by atoms with van der Waals surface area (Å²) in [6, 6.07) is 32.6. The van der Waals surface area contributed by atoms with E-state index in [9.17, 15) is 62.3 Å². The first-order valence-corrected chi connectivity index (χ1v) is 21.2. The minimum absolute atomic E-state index is 0.0338. The zero-order chi connectivity index (χ0) is 55.6. The van der Waals surface area contributed by atoms with Gasteiger partial charge in [0.25, 0.3) is 11.5 Å². The van der Waals surface area contributed by atoms with Crippen molar-refractivity contribution in [3.8, 4) is 0 Å². The highest BCUT2D eigenvalue weighted by atomic mass is 19.2. The lowest BCUT2D eigenvalue weighted by Crippen LogP contribution is -2.81. The highest BCUT2D eigenvalue weighted by molar-refractivity contribution is 7.20. The number of rotatable bonds is 9. The fraction of sp³-hybridized carbons (Fsp3) is 0.0192. The Morgan fingerprint density at radius 1 is 0.329 bits per heavy atom. The molecule has 0 unspecified atom stereocenters. The predicted octanol–water partition coefficient (Wildman–Crippen LogP) is 11.2. The van der Waals surface area contributed by atoms with E-state index in [2.05, 4.69) is 0 Å². The van der Waals surface area contributed by atoms with Crippen molar-refractivity contribution in [3.63, 3.8) is 0 Å². The van der Waals surface area contributed by atoms with Crippen molar-refractivity contribution in [2.75, 3.05) is 0 Å². The van der Waals surface area contributed by atoms with Gasteiger partial charge in [0.05, 0.1) is 5.39 Å². The molecule has 1 aromatic heterocycles. The molecule has 0 radical (unpaired) electrons. The van der Waals surface area contributed by atoms with E-state index in [4.69, 9.17) is 0 Å². The Bertz CT molecular complexity index is 3530. The van der Waals surface area contributed by atoms with Crippen molar-refractivity contribution in [3.05, 3.63) is 242 Å². The molecule has 8 aromatic carbocycles. The van der Waals surface area contributed by atoms with Gasteiger partial charge in [0.2, 0.25) is 12.3 Å². The number of benzene rings is 8. The second-order valence-corrected chi connectivity index (χ2v) is 16.4. The summed E-state index contributed by atoms with van der Waals surface area (Å²) in [5.41, 5.74) is -12.6. The molecule has 0 amide bonds. The number of halogens is 20. The number of carbonyl (C=O) groups is 2. The van der Waals surface area contributed by atoms with Gasteiger partial charge in [0.1, 0.15) is 52.7 Å². The van der Waals surface area contributed by atoms with Gasteiger partial charge < -0.3 is 0 Å². The van der Waals surface area contributed by atoms with Gasteiger partial charge in [0, 0.05) is 17.2 Å². The van der Waals surface area contributed by atoms with E-state index in [-0.39, 0.29) is 18.1 Å². The van der Waals surface area contributed by atoms with Gasteiger partial charge in [-0.3, -0.25) is 9.59 Å². The fourth-order valence-corrected chi connectivity index (χ4v) is 8.85. The van der Waals surface area contributed by atoms with E-state index in [1.54, 1.807) is 16.7 Å². The van der Waals surface area contributed by atoms with Crippen molar-refractivity contribution in [2.24, 2.45) is 0 Å². The van der Waals surface area contributed by atoms with Crippen LogP contribution in [-0.4, -0.2) is 17.7 Å². The molecule has 388 valence electrons. The third kappa shape index (κ3) is 8.44. The monoisotopic (exact) mass is 1080 g/mol. The maximum absolute atomic E-state index is 15.4. The molecule has 0 N–H and O–H groups in total. The molecule has 0 atom stereocenters. The quantitative estimate of drug-likeness (QED) is 0.0361. The van der Waals surface area contributed by atoms with Crippen LogP contribution >= 0.6 is 0 Å². The molecule has 0 bridgehead atoms. The Kier molecular flexibility index (Phi) is 14.3. The zero-order valence-electron chi connectivity index (χ0n) is 37.0. The van der Waals surface area contributed by atoms with Crippen LogP contribution in [-0.2, 0) is 6.54 Å². The molecule has 76 heavy (non-hydrogen) atoms. The lowest BCUT2D eigenvalue weighted by Gasteiger charge is -2.44. The Balaban J connectivity index is 0.000000215. The average molecular weight is 1080 g/mol. The molecule has 0 aliphatic carbocycles. The third-order valence-corrected chi connectivity index (χ3v) is 12.3. The number of fused-ring (bicyclic) bond motifs is 2. The third-order valence-electron chi connectivity index (χ3n) is 12.3. The Labute approximate surface area is 411 Å². The molecule has 3 nitrogen and oxygen atoms in total. The van der Waals surface area contributed by atoms with Crippen LogP contribution in [0.1, 0.15) is 26.4 Å². The first kappa shape index (κ1) is 53.7. The number of ketones is 2. The van der Waals surface area contributed by atoms with E-state index >= 15 is 35.1 Å². The highest BCUT2D eigenvalue weighted by Crippen LogP contribution is 2.31. The summed E-state index contributed by atoms with van der Waals surface area (Å²) in [6.07, 6.45) is -5.39. The summed E-state index contributed by atoms with van der Waals surface area (Å²) in [5, 5.41) is 3.91. The van der Waals surface area contributed by atoms with Crippen LogP contribution in [0.4, 0.5) is 87.8 Å².